The van der Waals surface area contributed by atoms with Crippen molar-refractivity contribution in [2.45, 2.75) is 12.8 Å². The smallest absolute Gasteiger partial charge is 0.192 e. The third kappa shape index (κ3) is 3.05. The molecule has 4 aromatic heterocycles. The molecule has 7 nitrogen and oxygen atoms in total. The summed E-state index contributed by atoms with van der Waals surface area (Å²) in [5.41, 5.74) is 5.25. The summed E-state index contributed by atoms with van der Waals surface area (Å²) in [4.78, 5) is 26.1. The van der Waals surface area contributed by atoms with Gasteiger partial charge in [-0.1, -0.05) is 6.07 Å². The molecule has 7 heteroatoms. The topological polar surface area (TPSA) is 108 Å². The number of carbonyl (C=O) groups excluding carboxylic acids is 1. The Bertz CT molecular complexity index is 1370. The number of nitrogens with one attached hydrogen (secondary N) is 2. The van der Waals surface area contributed by atoms with Gasteiger partial charge in [-0.25, -0.2) is 4.98 Å². The number of rotatable bonds is 5. The molecule has 148 valence electrons. The molecule has 0 bridgehead atoms. The third-order valence-corrected chi connectivity index (χ3v) is 5.28. The van der Waals surface area contributed by atoms with E-state index in [2.05, 4.69) is 25.1 Å². The molecule has 0 spiro atoms. The number of aryl methyl sites for hydroxylation is 1. The van der Waals surface area contributed by atoms with Crippen LogP contribution in [-0.2, 0) is 0 Å². The van der Waals surface area contributed by atoms with Gasteiger partial charge in [0.2, 0.25) is 0 Å². The average Bonchev–Trinajstić information content (AvgIpc) is 3.36. The first kappa shape index (κ1) is 18.2. The molecule has 5 rings (SSSR count). The normalized spacial score (nSPS) is 12.5. The van der Waals surface area contributed by atoms with Crippen LogP contribution >= 0.6 is 0 Å². The minimum absolute atomic E-state index is 0.239. The van der Waals surface area contributed by atoms with Crippen molar-refractivity contribution in [2.75, 3.05) is 6.61 Å². The Morgan fingerprint density at radius 2 is 1.90 bits per heavy atom. The Kier molecular flexibility index (Phi) is 4.37. The summed E-state index contributed by atoms with van der Waals surface area (Å²) in [5.74, 6) is -0.976. The van der Waals surface area contributed by atoms with Gasteiger partial charge in [0.15, 0.2) is 5.78 Å². The van der Waals surface area contributed by atoms with Gasteiger partial charge in [-0.15, -0.1) is 0 Å². The summed E-state index contributed by atoms with van der Waals surface area (Å²) in [6.07, 6.45) is 3.49. The standard InChI is InChI=1S/C23H19N5O2/c1-13-3-2-4-18(25-13)17(12-29)23(30)21-10-15-9-16-20(11-19(15)26-21)27-28-22(16)14-5-7-24-8-6-14/h2-11,17,27-29H,12H2,1H3/t17-/m1/s1. The number of aliphatic hydroxyl groups is 1. The highest BCUT2D eigenvalue weighted by atomic mass is 16.3. The van der Waals surface area contributed by atoms with Crippen LogP contribution in [0.2, 0.25) is 0 Å². The van der Waals surface area contributed by atoms with Crippen LogP contribution in [0.4, 0.5) is 0 Å². The molecule has 5 aromatic rings. The summed E-state index contributed by atoms with van der Waals surface area (Å²) in [6, 6.07) is 15.0. The van der Waals surface area contributed by atoms with Crippen LogP contribution < -0.4 is 0 Å². The van der Waals surface area contributed by atoms with Crippen LogP contribution in [0, 0.1) is 6.92 Å². The van der Waals surface area contributed by atoms with Crippen molar-refractivity contribution < 1.29 is 9.90 Å². The predicted octanol–water partition coefficient (Wildman–Crippen LogP) is 3.77. The number of hydrogen-bond donors (Lipinski definition) is 3. The zero-order valence-electron chi connectivity index (χ0n) is 16.3. The maximum atomic E-state index is 13.1. The zero-order valence-corrected chi connectivity index (χ0v) is 16.3. The SMILES string of the molecule is Cc1cccc([C@@H](CO)C(=O)c2cc3cc4c(-c5ccncc5)[nH][nH]c4cc3n2)n1. The molecule has 0 aliphatic rings. The fraction of sp³-hybridized carbons (Fsp3) is 0.130. The van der Waals surface area contributed by atoms with E-state index in [1.165, 1.54) is 0 Å². The number of aromatic amines is 2. The van der Waals surface area contributed by atoms with Crippen molar-refractivity contribution in [1.29, 1.82) is 0 Å². The number of pyridine rings is 2. The highest BCUT2D eigenvalue weighted by Crippen LogP contribution is 2.30. The number of ketones is 1. The quantitative estimate of drug-likeness (QED) is 0.391. The highest BCUT2D eigenvalue weighted by molar-refractivity contribution is 6.07. The van der Waals surface area contributed by atoms with Crippen molar-refractivity contribution in [2.24, 2.45) is 0 Å². The van der Waals surface area contributed by atoms with Gasteiger partial charge in [-0.05, 0) is 49.4 Å². The number of fused-ring (bicyclic) bond motifs is 2. The lowest BCUT2D eigenvalue weighted by Crippen LogP contribution is -2.18. The average molecular weight is 397 g/mol. The minimum atomic E-state index is -0.736. The molecule has 4 heterocycles. The van der Waals surface area contributed by atoms with Crippen molar-refractivity contribution in [1.82, 2.24) is 25.1 Å². The Labute approximate surface area is 171 Å². The van der Waals surface area contributed by atoms with Crippen molar-refractivity contribution in [3.63, 3.8) is 0 Å². The summed E-state index contributed by atoms with van der Waals surface area (Å²) in [6.45, 7) is 1.54. The van der Waals surface area contributed by atoms with E-state index >= 15 is 0 Å². The van der Waals surface area contributed by atoms with Crippen molar-refractivity contribution in [3.05, 3.63) is 78.0 Å². The lowest BCUT2D eigenvalue weighted by Gasteiger charge is -2.11. The van der Waals surface area contributed by atoms with E-state index in [0.29, 0.717) is 11.4 Å². The highest BCUT2D eigenvalue weighted by Gasteiger charge is 2.25. The van der Waals surface area contributed by atoms with Gasteiger partial charge < -0.3 is 10.2 Å². The second-order valence-corrected chi connectivity index (χ2v) is 7.26. The van der Waals surface area contributed by atoms with Gasteiger partial charge in [0.1, 0.15) is 5.69 Å². The number of aliphatic hydroxyl groups excluding tert-OH is 1. The first-order chi connectivity index (χ1) is 14.6. The Morgan fingerprint density at radius 3 is 2.67 bits per heavy atom. The molecule has 0 saturated carbocycles. The number of benzene rings is 1. The number of H-pyrrole nitrogens is 2. The first-order valence-corrected chi connectivity index (χ1v) is 9.64. The Morgan fingerprint density at radius 1 is 1.07 bits per heavy atom. The predicted molar refractivity (Wildman–Crippen MR) is 114 cm³/mol. The monoisotopic (exact) mass is 397 g/mol. The second kappa shape index (κ2) is 7.20. The van der Waals surface area contributed by atoms with Crippen LogP contribution in [0.1, 0.15) is 27.8 Å². The van der Waals surface area contributed by atoms with Crippen LogP contribution in [0.15, 0.2) is 60.9 Å². The number of nitrogens with zero attached hydrogens (tertiary/aromatic N) is 3. The molecule has 1 aromatic carbocycles. The van der Waals surface area contributed by atoms with Gasteiger partial charge in [0.25, 0.3) is 0 Å². The Balaban J connectivity index is 1.57. The van der Waals surface area contributed by atoms with Crippen LogP contribution in [0.5, 0.6) is 0 Å². The first-order valence-electron chi connectivity index (χ1n) is 9.64. The molecule has 0 aliphatic carbocycles. The van der Waals surface area contributed by atoms with E-state index < -0.39 is 5.92 Å². The van der Waals surface area contributed by atoms with Gasteiger partial charge in [0.05, 0.1) is 34.9 Å². The zero-order chi connectivity index (χ0) is 20.7. The van der Waals surface area contributed by atoms with Crippen molar-refractivity contribution in [3.8, 4) is 11.3 Å². The maximum Gasteiger partial charge on any atom is 0.192 e. The largest absolute Gasteiger partial charge is 0.395 e. The maximum absolute atomic E-state index is 13.1. The lowest BCUT2D eigenvalue weighted by atomic mass is 9.98. The van der Waals surface area contributed by atoms with Gasteiger partial charge >= 0.3 is 0 Å². The molecular weight excluding hydrogens is 378 g/mol. The van der Waals surface area contributed by atoms with E-state index in [1.54, 1.807) is 24.5 Å². The number of hydrogen-bond acceptors (Lipinski definition) is 5. The van der Waals surface area contributed by atoms with Gasteiger partial charge in [0, 0.05) is 34.4 Å². The number of aromatic nitrogens is 5. The van der Waals surface area contributed by atoms with E-state index in [-0.39, 0.29) is 12.4 Å². The number of Topliss-reactive ketones (excluding diaryl/α,β-unsaturated/α-hetero) is 1. The van der Waals surface area contributed by atoms with Crippen LogP contribution in [0.25, 0.3) is 33.1 Å². The summed E-state index contributed by atoms with van der Waals surface area (Å²) < 4.78 is 0. The fourth-order valence-corrected chi connectivity index (χ4v) is 3.75. The Hall–Kier alpha value is -3.84. The summed E-state index contributed by atoms with van der Waals surface area (Å²) in [5, 5.41) is 18.1. The van der Waals surface area contributed by atoms with Gasteiger partial charge in [-0.2, -0.15) is 0 Å². The molecular formula is C23H19N5O2. The molecule has 0 aliphatic heterocycles. The molecule has 0 amide bonds. The second-order valence-electron chi connectivity index (χ2n) is 7.26. The summed E-state index contributed by atoms with van der Waals surface area (Å²) in [7, 11) is 0. The molecule has 0 saturated heterocycles. The molecule has 0 unspecified atom stereocenters. The molecule has 3 N–H and O–H groups in total. The fourth-order valence-electron chi connectivity index (χ4n) is 3.75. The minimum Gasteiger partial charge on any atom is -0.395 e. The molecule has 1 atom stereocenters. The molecule has 0 radical (unpaired) electrons. The van der Waals surface area contributed by atoms with E-state index in [4.69, 9.17) is 0 Å². The summed E-state index contributed by atoms with van der Waals surface area (Å²) >= 11 is 0. The number of carbonyl (C=O) groups is 1. The molecule has 0 fully saturated rings. The van der Waals surface area contributed by atoms with Crippen LogP contribution in [-0.4, -0.2) is 42.6 Å². The van der Waals surface area contributed by atoms with Crippen molar-refractivity contribution >= 4 is 27.6 Å². The van der Waals surface area contributed by atoms with E-state index in [9.17, 15) is 9.90 Å². The third-order valence-electron chi connectivity index (χ3n) is 5.28. The lowest BCUT2D eigenvalue weighted by molar-refractivity contribution is 0.0915. The van der Waals surface area contributed by atoms with E-state index in [1.807, 2.05) is 43.3 Å². The molecule has 30 heavy (non-hydrogen) atoms. The van der Waals surface area contributed by atoms with E-state index in [0.717, 1.165) is 38.8 Å². The van der Waals surface area contributed by atoms with Crippen LogP contribution in [0.3, 0.4) is 0 Å². The van der Waals surface area contributed by atoms with Gasteiger partial charge in [-0.3, -0.25) is 19.9 Å².